The van der Waals surface area contributed by atoms with Gasteiger partial charge in [0.05, 0.1) is 30.8 Å². The van der Waals surface area contributed by atoms with E-state index >= 15 is 0 Å². The summed E-state index contributed by atoms with van der Waals surface area (Å²) >= 11 is 0. The van der Waals surface area contributed by atoms with Gasteiger partial charge in [0.2, 0.25) is 5.91 Å². The summed E-state index contributed by atoms with van der Waals surface area (Å²) in [5.41, 5.74) is -0.298. The van der Waals surface area contributed by atoms with Gasteiger partial charge in [-0.2, -0.15) is 0 Å². The van der Waals surface area contributed by atoms with Crippen molar-refractivity contribution in [1.82, 2.24) is 14.8 Å². The van der Waals surface area contributed by atoms with Crippen molar-refractivity contribution < 1.29 is 19.4 Å². The van der Waals surface area contributed by atoms with Crippen LogP contribution in [0.15, 0.2) is 18.5 Å². The summed E-state index contributed by atoms with van der Waals surface area (Å²) < 4.78 is 5.85. The molecule has 21 heavy (non-hydrogen) atoms. The first-order valence-electron chi connectivity index (χ1n) is 7.01. The Hall–Kier alpha value is -2.15. The summed E-state index contributed by atoms with van der Waals surface area (Å²) in [5.74, 6) is -0.217. The van der Waals surface area contributed by atoms with Crippen LogP contribution in [0.2, 0.25) is 0 Å². The first kappa shape index (κ1) is 12.6. The Bertz CT molecular complexity index is 634. The predicted octanol–water partition coefficient (Wildman–Crippen LogP) is -0.0395. The van der Waals surface area contributed by atoms with E-state index < -0.39 is 5.72 Å². The van der Waals surface area contributed by atoms with Crippen LogP contribution in [0.5, 0.6) is 5.75 Å². The molecular weight excluding hydrogens is 274 g/mol. The Kier molecular flexibility index (Phi) is 2.50. The summed E-state index contributed by atoms with van der Waals surface area (Å²) in [6.45, 7) is 1.67. The standard InChI is InChI=1S/C14H15N3O4/c18-10-5-9(7-15-8-10)13(20)16-2-1-14-11(16)6-12(19)17(14)3-4-21-14/h5,7-8,11,18H,1-4,6H2/t11-,14+/m1/s1. The molecule has 0 radical (unpaired) electrons. The molecule has 0 bridgehead atoms. The van der Waals surface area contributed by atoms with Crippen LogP contribution in [0.4, 0.5) is 0 Å². The third kappa shape index (κ3) is 1.61. The fourth-order valence-corrected chi connectivity index (χ4v) is 3.75. The van der Waals surface area contributed by atoms with Crippen molar-refractivity contribution in [3.05, 3.63) is 24.0 Å². The molecule has 4 rings (SSSR count). The minimum Gasteiger partial charge on any atom is -0.506 e. The molecule has 2 atom stereocenters. The molecule has 1 N–H and O–H groups in total. The van der Waals surface area contributed by atoms with Crippen molar-refractivity contribution in [1.29, 1.82) is 0 Å². The maximum atomic E-state index is 12.6. The first-order valence-corrected chi connectivity index (χ1v) is 7.01. The third-order valence-corrected chi connectivity index (χ3v) is 4.63. The molecule has 7 heteroatoms. The van der Waals surface area contributed by atoms with Crippen LogP contribution >= 0.6 is 0 Å². The molecule has 0 unspecified atom stereocenters. The van der Waals surface area contributed by atoms with E-state index in [1.54, 1.807) is 9.80 Å². The van der Waals surface area contributed by atoms with E-state index in [0.29, 0.717) is 38.1 Å². The molecule has 0 aromatic carbocycles. The van der Waals surface area contributed by atoms with E-state index in [-0.39, 0.29) is 23.6 Å². The molecule has 110 valence electrons. The van der Waals surface area contributed by atoms with Crippen LogP contribution in [-0.4, -0.2) is 63.2 Å². The summed E-state index contributed by atoms with van der Waals surface area (Å²) in [4.78, 5) is 32.0. The van der Waals surface area contributed by atoms with E-state index in [9.17, 15) is 14.7 Å². The Balaban J connectivity index is 1.66. The summed E-state index contributed by atoms with van der Waals surface area (Å²) in [5, 5.41) is 9.46. The number of pyridine rings is 1. The number of nitrogens with zero attached hydrogens (tertiary/aromatic N) is 3. The zero-order valence-electron chi connectivity index (χ0n) is 11.4. The smallest absolute Gasteiger partial charge is 0.255 e. The van der Waals surface area contributed by atoms with Crippen molar-refractivity contribution in [3.63, 3.8) is 0 Å². The minimum atomic E-state index is -0.628. The van der Waals surface area contributed by atoms with Crippen molar-refractivity contribution in [2.45, 2.75) is 24.6 Å². The molecule has 1 spiro atoms. The number of carbonyl (C=O) groups is 2. The lowest BCUT2D eigenvalue weighted by Gasteiger charge is -2.31. The zero-order chi connectivity index (χ0) is 14.6. The molecule has 3 aliphatic heterocycles. The van der Waals surface area contributed by atoms with Gasteiger partial charge in [0.15, 0.2) is 5.72 Å². The largest absolute Gasteiger partial charge is 0.506 e. The molecule has 1 aromatic heterocycles. The minimum absolute atomic E-state index is 0.0454. The van der Waals surface area contributed by atoms with Crippen LogP contribution in [0.1, 0.15) is 23.2 Å². The second-order valence-corrected chi connectivity index (χ2v) is 5.64. The Morgan fingerprint density at radius 3 is 3.10 bits per heavy atom. The SMILES string of the molecule is O=C(c1cncc(O)c1)N1CC[C@@]23OCCN2C(=O)C[C@@H]13. The van der Waals surface area contributed by atoms with Crippen molar-refractivity contribution in [3.8, 4) is 5.75 Å². The van der Waals surface area contributed by atoms with Crippen LogP contribution in [0.3, 0.4) is 0 Å². The number of aromatic nitrogens is 1. The number of ether oxygens (including phenoxy) is 1. The molecule has 4 heterocycles. The van der Waals surface area contributed by atoms with E-state index in [4.69, 9.17) is 4.74 Å². The van der Waals surface area contributed by atoms with Gasteiger partial charge in [0.1, 0.15) is 5.75 Å². The van der Waals surface area contributed by atoms with Gasteiger partial charge in [-0.15, -0.1) is 0 Å². The maximum Gasteiger partial charge on any atom is 0.255 e. The molecule has 3 fully saturated rings. The zero-order valence-corrected chi connectivity index (χ0v) is 11.4. The van der Waals surface area contributed by atoms with E-state index in [1.165, 1.54) is 18.5 Å². The molecule has 0 saturated carbocycles. The highest BCUT2D eigenvalue weighted by atomic mass is 16.5. The van der Waals surface area contributed by atoms with E-state index in [0.717, 1.165) is 0 Å². The number of likely N-dealkylation sites (tertiary alicyclic amines) is 1. The molecule has 7 nitrogen and oxygen atoms in total. The van der Waals surface area contributed by atoms with Crippen molar-refractivity contribution in [2.24, 2.45) is 0 Å². The number of rotatable bonds is 1. The highest BCUT2D eigenvalue weighted by Gasteiger charge is 2.62. The quantitative estimate of drug-likeness (QED) is 0.784. The second kappa shape index (κ2) is 4.17. The Morgan fingerprint density at radius 2 is 2.29 bits per heavy atom. The number of hydrogen-bond donors (Lipinski definition) is 1. The van der Waals surface area contributed by atoms with Crippen LogP contribution in [0, 0.1) is 0 Å². The molecule has 2 amide bonds. The number of carbonyl (C=O) groups excluding carboxylic acids is 2. The van der Waals surface area contributed by atoms with E-state index in [1.807, 2.05) is 0 Å². The first-order chi connectivity index (χ1) is 10.1. The lowest BCUT2D eigenvalue weighted by molar-refractivity contribution is -0.136. The van der Waals surface area contributed by atoms with Crippen LogP contribution < -0.4 is 0 Å². The highest BCUT2D eigenvalue weighted by molar-refractivity contribution is 5.96. The van der Waals surface area contributed by atoms with Gasteiger partial charge < -0.3 is 19.6 Å². The topological polar surface area (TPSA) is 83.0 Å². The van der Waals surface area contributed by atoms with Gasteiger partial charge >= 0.3 is 0 Å². The third-order valence-electron chi connectivity index (χ3n) is 4.63. The van der Waals surface area contributed by atoms with Crippen molar-refractivity contribution >= 4 is 11.8 Å². The molecule has 3 aliphatic rings. The lowest BCUT2D eigenvalue weighted by atomic mass is 10.1. The second-order valence-electron chi connectivity index (χ2n) is 5.64. The molecule has 3 saturated heterocycles. The Morgan fingerprint density at radius 1 is 1.43 bits per heavy atom. The van der Waals surface area contributed by atoms with Crippen molar-refractivity contribution in [2.75, 3.05) is 19.7 Å². The maximum absolute atomic E-state index is 12.6. The van der Waals surface area contributed by atoms with Gasteiger partial charge in [-0.05, 0) is 6.07 Å². The van der Waals surface area contributed by atoms with Gasteiger partial charge in [0.25, 0.3) is 5.91 Å². The van der Waals surface area contributed by atoms with Gasteiger partial charge in [-0.3, -0.25) is 14.6 Å². The average molecular weight is 289 g/mol. The fraction of sp³-hybridized carbons (Fsp3) is 0.500. The fourth-order valence-electron chi connectivity index (χ4n) is 3.75. The summed E-state index contributed by atoms with van der Waals surface area (Å²) in [6.07, 6.45) is 3.65. The Labute approximate surface area is 121 Å². The lowest BCUT2D eigenvalue weighted by Crippen LogP contribution is -2.48. The molecule has 1 aromatic rings. The normalized spacial score (nSPS) is 30.7. The predicted molar refractivity (Wildman–Crippen MR) is 70.4 cm³/mol. The van der Waals surface area contributed by atoms with Gasteiger partial charge in [0, 0.05) is 25.7 Å². The number of aromatic hydroxyl groups is 1. The summed E-state index contributed by atoms with van der Waals surface area (Å²) in [6, 6.07) is 1.15. The summed E-state index contributed by atoms with van der Waals surface area (Å²) in [7, 11) is 0. The average Bonchev–Trinajstić information content (AvgIpc) is 3.10. The molecule has 0 aliphatic carbocycles. The van der Waals surface area contributed by atoms with E-state index in [2.05, 4.69) is 4.98 Å². The monoisotopic (exact) mass is 289 g/mol. The van der Waals surface area contributed by atoms with Gasteiger partial charge in [-0.25, -0.2) is 0 Å². The number of amides is 2. The van der Waals surface area contributed by atoms with Gasteiger partial charge in [-0.1, -0.05) is 0 Å². The highest BCUT2D eigenvalue weighted by Crippen LogP contribution is 2.45. The van der Waals surface area contributed by atoms with Crippen LogP contribution in [0.25, 0.3) is 0 Å². The van der Waals surface area contributed by atoms with Crippen LogP contribution in [-0.2, 0) is 9.53 Å². The molecular formula is C14H15N3O4. The number of hydrogen-bond acceptors (Lipinski definition) is 5.